The molecule has 5 N–H and O–H groups in total. The van der Waals surface area contributed by atoms with Crippen LogP contribution in [0.2, 0.25) is 4.34 Å². The normalized spacial score (nSPS) is 12.5. The average Bonchev–Trinajstić information content (AvgIpc) is 2.49. The number of carbonyl (C=O) groups excluding carboxylic acids is 1. The predicted molar refractivity (Wildman–Crippen MR) is 53.3 cm³/mol. The van der Waals surface area contributed by atoms with Gasteiger partial charge in [0.1, 0.15) is 0 Å². The van der Waals surface area contributed by atoms with Gasteiger partial charge in [-0.15, -0.1) is 11.3 Å². The van der Waals surface area contributed by atoms with Gasteiger partial charge in [-0.1, -0.05) is 11.6 Å². The highest BCUT2D eigenvalue weighted by atomic mass is 35.5. The Morgan fingerprint density at radius 2 is 2.38 bits per heavy atom. The zero-order chi connectivity index (χ0) is 9.84. The Kier molecular flexibility index (Phi) is 3.68. The smallest absolute Gasteiger partial charge is 0.251 e. The first kappa shape index (κ1) is 10.5. The molecular formula is C7H10ClN3OS. The highest BCUT2D eigenvalue weighted by Crippen LogP contribution is 2.22. The zero-order valence-corrected chi connectivity index (χ0v) is 8.36. The summed E-state index contributed by atoms with van der Waals surface area (Å²) in [6, 6.07) is 3.00. The third-order valence-electron chi connectivity index (χ3n) is 1.53. The van der Waals surface area contributed by atoms with Crippen LogP contribution < -0.4 is 17.0 Å². The molecule has 6 heteroatoms. The average molecular weight is 220 g/mol. The van der Waals surface area contributed by atoms with Crippen molar-refractivity contribution in [2.45, 2.75) is 12.5 Å². The van der Waals surface area contributed by atoms with Crippen LogP contribution in [-0.2, 0) is 11.2 Å². The number of rotatable bonds is 3. The van der Waals surface area contributed by atoms with Crippen molar-refractivity contribution < 1.29 is 4.79 Å². The van der Waals surface area contributed by atoms with Crippen LogP contribution in [0.5, 0.6) is 0 Å². The van der Waals surface area contributed by atoms with E-state index < -0.39 is 6.04 Å². The van der Waals surface area contributed by atoms with Crippen LogP contribution in [-0.4, -0.2) is 11.9 Å². The van der Waals surface area contributed by atoms with Gasteiger partial charge < -0.3 is 5.73 Å². The van der Waals surface area contributed by atoms with E-state index in [2.05, 4.69) is 0 Å². The highest BCUT2D eigenvalue weighted by Gasteiger charge is 2.13. The lowest BCUT2D eigenvalue weighted by atomic mass is 10.2. The molecule has 0 fully saturated rings. The van der Waals surface area contributed by atoms with Gasteiger partial charge in [0, 0.05) is 11.3 Å². The predicted octanol–water partition coefficient (Wildman–Crippen LogP) is 0.261. The van der Waals surface area contributed by atoms with Crippen molar-refractivity contribution in [1.82, 2.24) is 5.43 Å². The molecule has 0 aliphatic carbocycles. The number of thiophene rings is 1. The molecule has 1 rings (SSSR count). The van der Waals surface area contributed by atoms with E-state index in [1.54, 1.807) is 6.07 Å². The van der Waals surface area contributed by atoms with E-state index >= 15 is 0 Å². The number of nitrogens with one attached hydrogen (secondary N) is 1. The van der Waals surface area contributed by atoms with E-state index in [4.69, 9.17) is 23.2 Å². The largest absolute Gasteiger partial charge is 0.320 e. The molecule has 0 saturated carbocycles. The Morgan fingerprint density at radius 3 is 2.85 bits per heavy atom. The molecule has 13 heavy (non-hydrogen) atoms. The molecule has 0 bridgehead atoms. The number of nitrogens with two attached hydrogens (primary N) is 2. The highest BCUT2D eigenvalue weighted by molar-refractivity contribution is 7.16. The van der Waals surface area contributed by atoms with Crippen molar-refractivity contribution in [3.8, 4) is 0 Å². The van der Waals surface area contributed by atoms with Crippen molar-refractivity contribution in [1.29, 1.82) is 0 Å². The van der Waals surface area contributed by atoms with Gasteiger partial charge in [0.15, 0.2) is 0 Å². The van der Waals surface area contributed by atoms with E-state index in [9.17, 15) is 4.79 Å². The maximum atomic E-state index is 10.9. The monoisotopic (exact) mass is 219 g/mol. The van der Waals surface area contributed by atoms with Gasteiger partial charge in [-0.25, -0.2) is 5.84 Å². The standard InChI is InChI=1S/C7H10ClN3OS/c8-6-2-1-4(13-6)3-5(9)7(12)11-10/h1-2,5H,3,9-10H2,(H,11,12). The summed E-state index contributed by atoms with van der Waals surface area (Å²) in [4.78, 5) is 11.9. The number of carbonyl (C=O) groups is 1. The first-order chi connectivity index (χ1) is 6.13. The third kappa shape index (κ3) is 2.96. The lowest BCUT2D eigenvalue weighted by Crippen LogP contribution is -2.44. The molecule has 1 aromatic rings. The number of amides is 1. The third-order valence-corrected chi connectivity index (χ3v) is 2.78. The van der Waals surface area contributed by atoms with Crippen molar-refractivity contribution in [3.63, 3.8) is 0 Å². The van der Waals surface area contributed by atoms with Gasteiger partial charge in [0.2, 0.25) is 0 Å². The topological polar surface area (TPSA) is 81.1 Å². The summed E-state index contributed by atoms with van der Waals surface area (Å²) >= 11 is 7.12. The quantitative estimate of drug-likeness (QED) is 0.388. The lowest BCUT2D eigenvalue weighted by molar-refractivity contribution is -0.122. The van der Waals surface area contributed by atoms with Crippen molar-refractivity contribution in [2.24, 2.45) is 11.6 Å². The van der Waals surface area contributed by atoms with Crippen LogP contribution in [0.15, 0.2) is 12.1 Å². The van der Waals surface area contributed by atoms with Crippen LogP contribution in [0.4, 0.5) is 0 Å². The molecular weight excluding hydrogens is 210 g/mol. The summed E-state index contributed by atoms with van der Waals surface area (Å²) in [6.07, 6.45) is 0.459. The van der Waals surface area contributed by atoms with Gasteiger partial charge in [-0.3, -0.25) is 10.2 Å². The molecule has 0 aliphatic heterocycles. The fourth-order valence-electron chi connectivity index (χ4n) is 0.878. The Morgan fingerprint density at radius 1 is 1.69 bits per heavy atom. The molecule has 0 aliphatic rings. The van der Waals surface area contributed by atoms with Crippen LogP contribution in [0.3, 0.4) is 0 Å². The molecule has 1 amide bonds. The summed E-state index contributed by atoms with van der Waals surface area (Å²) in [5.41, 5.74) is 7.54. The van der Waals surface area contributed by atoms with Gasteiger partial charge in [0.05, 0.1) is 10.4 Å². The van der Waals surface area contributed by atoms with Crippen molar-refractivity contribution in [2.75, 3.05) is 0 Å². The fraction of sp³-hybridized carbons (Fsp3) is 0.286. The summed E-state index contributed by atoms with van der Waals surface area (Å²) in [6.45, 7) is 0. The van der Waals surface area contributed by atoms with E-state index in [-0.39, 0.29) is 5.91 Å². The Labute approximate surface area is 84.8 Å². The summed E-state index contributed by atoms with van der Waals surface area (Å²) in [5, 5.41) is 0. The zero-order valence-electron chi connectivity index (χ0n) is 6.79. The molecule has 0 spiro atoms. The second-order valence-electron chi connectivity index (χ2n) is 2.53. The molecule has 4 nitrogen and oxygen atoms in total. The maximum absolute atomic E-state index is 10.9. The van der Waals surface area contributed by atoms with Gasteiger partial charge >= 0.3 is 0 Å². The Bertz CT molecular complexity index is 302. The molecule has 1 atom stereocenters. The second-order valence-corrected chi connectivity index (χ2v) is 4.32. The molecule has 1 heterocycles. The number of hydrazine groups is 1. The van der Waals surface area contributed by atoms with E-state index in [0.717, 1.165) is 4.88 Å². The minimum absolute atomic E-state index is 0.371. The van der Waals surface area contributed by atoms with Gasteiger partial charge in [-0.2, -0.15) is 0 Å². The van der Waals surface area contributed by atoms with Gasteiger partial charge in [0.25, 0.3) is 5.91 Å². The summed E-state index contributed by atoms with van der Waals surface area (Å²) < 4.78 is 0.690. The molecule has 0 aromatic carbocycles. The summed E-state index contributed by atoms with van der Waals surface area (Å²) in [5.74, 6) is 4.56. The van der Waals surface area contributed by atoms with Crippen LogP contribution in [0.25, 0.3) is 0 Å². The van der Waals surface area contributed by atoms with Crippen molar-refractivity contribution >= 4 is 28.8 Å². The lowest BCUT2D eigenvalue weighted by Gasteiger charge is -2.07. The van der Waals surface area contributed by atoms with Crippen LogP contribution in [0.1, 0.15) is 4.88 Å². The maximum Gasteiger partial charge on any atom is 0.251 e. The van der Waals surface area contributed by atoms with Crippen LogP contribution in [0, 0.1) is 0 Å². The molecule has 0 radical (unpaired) electrons. The first-order valence-corrected chi connectivity index (χ1v) is 4.83. The van der Waals surface area contributed by atoms with Crippen molar-refractivity contribution in [3.05, 3.63) is 21.3 Å². The van der Waals surface area contributed by atoms with E-state index in [1.807, 2.05) is 11.5 Å². The number of hydrogen-bond donors (Lipinski definition) is 3. The number of halogens is 1. The van der Waals surface area contributed by atoms with Gasteiger partial charge in [-0.05, 0) is 12.1 Å². The number of hydrogen-bond acceptors (Lipinski definition) is 4. The van der Waals surface area contributed by atoms with E-state index in [0.29, 0.717) is 10.8 Å². The molecule has 72 valence electrons. The first-order valence-electron chi connectivity index (χ1n) is 3.63. The fourth-order valence-corrected chi connectivity index (χ4v) is 2.02. The minimum Gasteiger partial charge on any atom is -0.320 e. The second kappa shape index (κ2) is 4.57. The molecule has 1 aromatic heterocycles. The molecule has 0 saturated heterocycles. The minimum atomic E-state index is -0.611. The Balaban J connectivity index is 2.54. The summed E-state index contributed by atoms with van der Waals surface area (Å²) in [7, 11) is 0. The SMILES string of the molecule is NNC(=O)C(N)Cc1ccc(Cl)s1. The van der Waals surface area contributed by atoms with E-state index in [1.165, 1.54) is 11.3 Å². The Hall–Kier alpha value is -0.620. The van der Waals surface area contributed by atoms with Crippen LogP contribution >= 0.6 is 22.9 Å². The molecule has 1 unspecified atom stereocenters.